The summed E-state index contributed by atoms with van der Waals surface area (Å²) in [5.74, 6) is -0.371. The Labute approximate surface area is 192 Å². The number of hydrogen-bond acceptors (Lipinski definition) is 13. The van der Waals surface area contributed by atoms with E-state index >= 15 is 0 Å². The van der Waals surface area contributed by atoms with Crippen LogP contribution in [0, 0.1) is 0 Å². The molecule has 1 saturated heterocycles. The molecule has 7 atom stereocenters. The van der Waals surface area contributed by atoms with Gasteiger partial charge in [-0.05, 0) is 6.92 Å². The zero-order chi connectivity index (χ0) is 26.6. The van der Waals surface area contributed by atoms with E-state index in [1.165, 1.54) is 0 Å². The summed E-state index contributed by atoms with van der Waals surface area (Å²) < 4.78 is 66.2. The molecule has 0 radical (unpaired) electrons. The molecular formula is C12H19FN5O14P3. The van der Waals surface area contributed by atoms with Gasteiger partial charge in [0.15, 0.2) is 23.0 Å². The number of aliphatic hydroxyl groups is 2. The van der Waals surface area contributed by atoms with Crippen molar-refractivity contribution in [1.82, 2.24) is 19.5 Å². The molecule has 19 nitrogen and oxygen atoms in total. The molecule has 1 fully saturated rings. The maximum Gasteiger partial charge on any atom is 0.490 e. The van der Waals surface area contributed by atoms with E-state index in [1.807, 2.05) is 0 Å². The number of nitrogens with one attached hydrogen (secondary N) is 1. The SMILES string of the molecule is C[C@H](OP(=O)(O)OP(=O)(O)OP(=O)(O)O)[C@H]1O[C@@H](n2cnc3c(=O)[nH]c(N)nc32)C(O)(CF)[C@H]1O. The lowest BCUT2D eigenvalue weighted by Crippen LogP contribution is -2.50. The van der Waals surface area contributed by atoms with E-state index in [9.17, 15) is 42.9 Å². The molecule has 0 aromatic carbocycles. The average Bonchev–Trinajstić information content (AvgIpc) is 3.18. The largest absolute Gasteiger partial charge is 0.490 e. The molecule has 23 heteroatoms. The Hall–Kier alpha value is -1.63. The summed E-state index contributed by atoms with van der Waals surface area (Å²) in [7, 11) is -17.1. The third kappa shape index (κ3) is 5.86. The van der Waals surface area contributed by atoms with Crippen molar-refractivity contribution in [3.8, 4) is 0 Å². The van der Waals surface area contributed by atoms with Crippen LogP contribution in [-0.2, 0) is 31.6 Å². The molecular weight excluding hydrogens is 550 g/mol. The first-order valence-corrected chi connectivity index (χ1v) is 13.6. The van der Waals surface area contributed by atoms with Crippen molar-refractivity contribution in [3.05, 3.63) is 16.7 Å². The standard InChI is InChI=1S/C12H19FN5O14P3/c1-4(30-34(25,26)32-35(27,28)31-33(22,23)24)6-7(19)12(21,2-13)10(29-6)18-3-15-5-8(18)16-11(14)17-9(5)20/h3-4,6-7,10,19,21H,2H2,1H3,(H,25,26)(H,27,28)(H2,22,23,24)(H3,14,16,17,20)/t4-,6+,7-,10+,12?/m0/s1. The lowest BCUT2D eigenvalue weighted by Gasteiger charge is -2.29. The van der Waals surface area contributed by atoms with Crippen LogP contribution in [0.2, 0.25) is 0 Å². The number of hydrogen-bond donors (Lipinski definition) is 8. The highest BCUT2D eigenvalue weighted by Gasteiger charge is 2.59. The average molecular weight is 569 g/mol. The Kier molecular flexibility index (Phi) is 7.47. The number of phosphoric acid groups is 3. The Bertz CT molecular complexity index is 1310. The number of halogens is 1. The van der Waals surface area contributed by atoms with E-state index in [2.05, 4.69) is 28.1 Å². The molecule has 1 aliphatic rings. The van der Waals surface area contributed by atoms with Crippen molar-refractivity contribution in [2.45, 2.75) is 37.1 Å². The number of aromatic amines is 1. The number of nitrogens with zero attached hydrogens (tertiary/aromatic N) is 3. The van der Waals surface area contributed by atoms with Gasteiger partial charge in [-0.15, -0.1) is 0 Å². The van der Waals surface area contributed by atoms with E-state index in [0.29, 0.717) is 0 Å². The van der Waals surface area contributed by atoms with Gasteiger partial charge >= 0.3 is 23.5 Å². The lowest BCUT2D eigenvalue weighted by atomic mass is 9.93. The van der Waals surface area contributed by atoms with Crippen LogP contribution in [0.25, 0.3) is 11.2 Å². The van der Waals surface area contributed by atoms with Crippen LogP contribution >= 0.6 is 23.5 Å². The van der Waals surface area contributed by atoms with E-state index in [-0.39, 0.29) is 17.1 Å². The van der Waals surface area contributed by atoms with Gasteiger partial charge in [-0.1, -0.05) is 0 Å². The first-order chi connectivity index (χ1) is 15.9. The summed E-state index contributed by atoms with van der Waals surface area (Å²) in [4.78, 5) is 57.8. The van der Waals surface area contributed by atoms with Gasteiger partial charge in [0.1, 0.15) is 18.9 Å². The summed E-state index contributed by atoms with van der Waals surface area (Å²) in [6.07, 6.45) is -6.76. The molecule has 35 heavy (non-hydrogen) atoms. The predicted molar refractivity (Wildman–Crippen MR) is 108 cm³/mol. The maximum atomic E-state index is 13.9. The number of aliphatic hydroxyl groups excluding tert-OH is 1. The number of rotatable bonds is 9. The number of anilines is 1. The second-order valence-corrected chi connectivity index (χ2v) is 11.6. The maximum absolute atomic E-state index is 13.9. The monoisotopic (exact) mass is 569 g/mol. The van der Waals surface area contributed by atoms with Gasteiger partial charge < -0.3 is 40.3 Å². The molecule has 0 spiro atoms. The second kappa shape index (κ2) is 9.35. The van der Waals surface area contributed by atoms with Crippen molar-refractivity contribution in [1.29, 1.82) is 0 Å². The van der Waals surface area contributed by atoms with Gasteiger partial charge in [0.2, 0.25) is 5.95 Å². The van der Waals surface area contributed by atoms with Crippen molar-refractivity contribution >= 4 is 40.6 Å². The minimum absolute atomic E-state index is 0.281. The molecule has 0 aliphatic carbocycles. The Morgan fingerprint density at radius 2 is 1.91 bits per heavy atom. The van der Waals surface area contributed by atoms with Gasteiger partial charge in [0, 0.05) is 0 Å². The fourth-order valence-electron chi connectivity index (χ4n) is 3.27. The molecule has 2 aromatic heterocycles. The summed E-state index contributed by atoms with van der Waals surface area (Å²) in [5, 5.41) is 21.3. The highest BCUT2D eigenvalue weighted by molar-refractivity contribution is 7.66. The zero-order valence-corrected chi connectivity index (χ0v) is 19.9. The first-order valence-electron chi connectivity index (χ1n) is 9.05. The predicted octanol–water partition coefficient (Wildman–Crippen LogP) is -1.61. The van der Waals surface area contributed by atoms with Crippen LogP contribution < -0.4 is 11.3 Å². The van der Waals surface area contributed by atoms with Gasteiger partial charge in [-0.2, -0.15) is 13.6 Å². The minimum atomic E-state index is -5.84. The second-order valence-electron chi connectivity index (χ2n) is 7.20. The smallest absolute Gasteiger partial charge is 0.387 e. The molecule has 3 heterocycles. The molecule has 198 valence electrons. The fourth-order valence-corrected chi connectivity index (χ4v) is 6.47. The quantitative estimate of drug-likeness (QED) is 0.158. The van der Waals surface area contributed by atoms with Gasteiger partial charge in [-0.3, -0.25) is 18.9 Å². The van der Waals surface area contributed by atoms with Crippen LogP contribution in [0.4, 0.5) is 10.3 Å². The van der Waals surface area contributed by atoms with Crippen molar-refractivity contribution < 1.29 is 65.8 Å². The fraction of sp³-hybridized carbons (Fsp3) is 0.583. The van der Waals surface area contributed by atoms with Crippen molar-refractivity contribution in [2.24, 2.45) is 0 Å². The van der Waals surface area contributed by atoms with Crippen LogP contribution in [0.3, 0.4) is 0 Å². The highest BCUT2D eigenvalue weighted by atomic mass is 31.3. The zero-order valence-electron chi connectivity index (χ0n) is 17.2. The molecule has 0 bridgehead atoms. The number of imidazole rings is 1. The van der Waals surface area contributed by atoms with E-state index < -0.39 is 65.8 Å². The first kappa shape index (κ1) is 27.9. The number of fused-ring (bicyclic) bond motifs is 1. The molecule has 2 aromatic rings. The summed E-state index contributed by atoms with van der Waals surface area (Å²) in [5.41, 5.74) is 1.37. The Morgan fingerprint density at radius 1 is 1.29 bits per heavy atom. The van der Waals surface area contributed by atoms with Gasteiger partial charge in [0.25, 0.3) is 5.56 Å². The third-order valence-corrected chi connectivity index (χ3v) is 8.56. The number of alkyl halides is 1. The molecule has 3 rings (SSSR count). The lowest BCUT2D eigenvalue weighted by molar-refractivity contribution is -0.119. The summed E-state index contributed by atoms with van der Waals surface area (Å²) >= 11 is 0. The normalized spacial score (nSPS) is 29.7. The van der Waals surface area contributed by atoms with Crippen LogP contribution in [-0.4, -0.2) is 79.9 Å². The molecule has 0 saturated carbocycles. The Balaban J connectivity index is 1.88. The van der Waals surface area contributed by atoms with Crippen LogP contribution in [0.15, 0.2) is 11.1 Å². The number of aromatic nitrogens is 4. The molecule has 0 amide bonds. The number of nitrogens with two attached hydrogens (primary N) is 1. The van der Waals surface area contributed by atoms with Gasteiger partial charge in [-0.25, -0.2) is 23.1 Å². The molecule has 3 unspecified atom stereocenters. The van der Waals surface area contributed by atoms with Crippen LogP contribution in [0.5, 0.6) is 0 Å². The summed E-state index contributed by atoms with van der Waals surface area (Å²) in [6.45, 7) is -0.712. The third-order valence-electron chi connectivity index (χ3n) is 4.63. The van der Waals surface area contributed by atoms with Crippen molar-refractivity contribution in [3.63, 3.8) is 0 Å². The number of ether oxygens (including phenoxy) is 1. The number of phosphoric ester groups is 1. The van der Waals surface area contributed by atoms with E-state index in [0.717, 1.165) is 17.8 Å². The molecule has 9 N–H and O–H groups in total. The minimum Gasteiger partial charge on any atom is -0.387 e. The molecule has 1 aliphatic heterocycles. The number of H-pyrrole nitrogens is 1. The van der Waals surface area contributed by atoms with Gasteiger partial charge in [0.05, 0.1) is 12.4 Å². The van der Waals surface area contributed by atoms with E-state index in [1.54, 1.807) is 0 Å². The van der Waals surface area contributed by atoms with Crippen molar-refractivity contribution in [2.75, 3.05) is 12.4 Å². The topological polar surface area (TPSA) is 299 Å². The van der Waals surface area contributed by atoms with Crippen LogP contribution in [0.1, 0.15) is 13.2 Å². The number of nitrogen functional groups attached to an aromatic ring is 1. The summed E-state index contributed by atoms with van der Waals surface area (Å²) in [6, 6.07) is 0. The Morgan fingerprint density at radius 3 is 2.49 bits per heavy atom. The highest BCUT2D eigenvalue weighted by Crippen LogP contribution is 2.66. The van der Waals surface area contributed by atoms with E-state index in [4.69, 9.17) is 20.3 Å².